The first-order valence-corrected chi connectivity index (χ1v) is 6.99. The van der Waals surface area contributed by atoms with Crippen LogP contribution in [-0.2, 0) is 6.42 Å². The number of alkyl halides is 1. The van der Waals surface area contributed by atoms with E-state index in [0.29, 0.717) is 10.9 Å². The van der Waals surface area contributed by atoms with Crippen molar-refractivity contribution in [1.82, 2.24) is 0 Å². The van der Waals surface area contributed by atoms with E-state index in [1.54, 1.807) is 0 Å². The molecule has 1 unspecified atom stereocenters. The van der Waals surface area contributed by atoms with Gasteiger partial charge in [-0.05, 0) is 23.6 Å². The zero-order chi connectivity index (χ0) is 12.4. The molecule has 2 aromatic rings. The van der Waals surface area contributed by atoms with Crippen molar-refractivity contribution in [3.05, 3.63) is 56.2 Å². The Labute approximate surface area is 115 Å². The van der Waals surface area contributed by atoms with E-state index in [4.69, 9.17) is 11.6 Å². The normalized spacial score (nSPS) is 12.7. The third kappa shape index (κ3) is 3.06. The van der Waals surface area contributed by atoms with Gasteiger partial charge in [0, 0.05) is 21.3 Å². The van der Waals surface area contributed by atoms with Gasteiger partial charge in [0.1, 0.15) is 11.6 Å². The summed E-state index contributed by atoms with van der Waals surface area (Å²) in [6, 6.07) is 6.23. The Hall–Kier alpha value is -0.450. The molecule has 1 atom stereocenters. The predicted molar refractivity (Wildman–Crippen MR) is 70.7 cm³/mol. The maximum absolute atomic E-state index is 13.6. The Balaban J connectivity index is 2.27. The van der Waals surface area contributed by atoms with E-state index < -0.39 is 17.0 Å². The maximum atomic E-state index is 13.6. The van der Waals surface area contributed by atoms with Gasteiger partial charge in [-0.15, -0.1) is 22.9 Å². The van der Waals surface area contributed by atoms with Gasteiger partial charge in [-0.3, -0.25) is 0 Å². The monoisotopic (exact) mass is 336 g/mol. The van der Waals surface area contributed by atoms with Gasteiger partial charge in [0.25, 0.3) is 0 Å². The van der Waals surface area contributed by atoms with Crippen molar-refractivity contribution in [1.29, 1.82) is 0 Å². The molecule has 0 aliphatic carbocycles. The first-order chi connectivity index (χ1) is 8.08. The summed E-state index contributed by atoms with van der Waals surface area (Å²) in [6.07, 6.45) is 0.425. The highest BCUT2D eigenvalue weighted by molar-refractivity contribution is 9.10. The molecule has 0 saturated heterocycles. The minimum atomic E-state index is -0.693. The average molecular weight is 338 g/mol. The predicted octanol–water partition coefficient (Wildman–Crippen LogP) is 5.31. The van der Waals surface area contributed by atoms with Crippen molar-refractivity contribution in [2.45, 2.75) is 11.8 Å². The van der Waals surface area contributed by atoms with E-state index >= 15 is 0 Å². The van der Waals surface area contributed by atoms with Crippen LogP contribution in [0, 0.1) is 11.6 Å². The van der Waals surface area contributed by atoms with Crippen LogP contribution in [0.25, 0.3) is 0 Å². The zero-order valence-electron chi connectivity index (χ0n) is 8.59. The Kier molecular flexibility index (Phi) is 4.17. The zero-order valence-corrected chi connectivity index (χ0v) is 11.7. The molecule has 0 radical (unpaired) electrons. The van der Waals surface area contributed by atoms with Gasteiger partial charge in [-0.1, -0.05) is 22.0 Å². The molecule has 2 rings (SSSR count). The lowest BCUT2D eigenvalue weighted by molar-refractivity contribution is 0.550. The second kappa shape index (κ2) is 5.46. The molecule has 0 spiro atoms. The summed E-state index contributed by atoms with van der Waals surface area (Å²) in [7, 11) is 0. The van der Waals surface area contributed by atoms with Gasteiger partial charge in [-0.25, -0.2) is 8.78 Å². The highest BCUT2D eigenvalue weighted by Crippen LogP contribution is 2.32. The topological polar surface area (TPSA) is 0 Å². The molecular formula is C12H8BrClF2S. The average Bonchev–Trinajstić information content (AvgIpc) is 2.68. The van der Waals surface area contributed by atoms with Crippen molar-refractivity contribution in [2.24, 2.45) is 0 Å². The summed E-state index contributed by atoms with van der Waals surface area (Å²) in [5.41, 5.74) is -0.0664. The van der Waals surface area contributed by atoms with Crippen LogP contribution < -0.4 is 0 Å². The number of hydrogen-bond donors (Lipinski definition) is 0. The van der Waals surface area contributed by atoms with Gasteiger partial charge in [0.2, 0.25) is 0 Å². The van der Waals surface area contributed by atoms with E-state index in [9.17, 15) is 8.78 Å². The molecule has 1 aromatic carbocycles. The molecule has 1 aromatic heterocycles. The molecule has 17 heavy (non-hydrogen) atoms. The minimum Gasteiger partial charge on any atom is -0.206 e. The second-order valence-corrected chi connectivity index (χ2v) is 6.01. The largest absolute Gasteiger partial charge is 0.206 e. The summed E-state index contributed by atoms with van der Waals surface area (Å²) in [5.74, 6) is -1.23. The molecule has 5 heteroatoms. The Morgan fingerprint density at radius 3 is 2.47 bits per heavy atom. The second-order valence-electron chi connectivity index (χ2n) is 3.53. The van der Waals surface area contributed by atoms with Crippen LogP contribution in [-0.4, -0.2) is 0 Å². The standard InChI is InChI=1S/C12H8BrClF2S/c13-7-4-10(15)12(11(16)5-7)9(14)6-8-2-1-3-17-8/h1-5,9H,6H2. The number of thiophene rings is 1. The highest BCUT2D eigenvalue weighted by atomic mass is 79.9. The van der Waals surface area contributed by atoms with E-state index in [1.807, 2.05) is 17.5 Å². The van der Waals surface area contributed by atoms with Crippen molar-refractivity contribution in [3.8, 4) is 0 Å². The first-order valence-electron chi connectivity index (χ1n) is 4.89. The van der Waals surface area contributed by atoms with Crippen LogP contribution >= 0.6 is 38.9 Å². The number of hydrogen-bond acceptors (Lipinski definition) is 1. The smallest absolute Gasteiger partial charge is 0.131 e. The van der Waals surface area contributed by atoms with Crippen LogP contribution in [0.2, 0.25) is 0 Å². The summed E-state index contributed by atoms with van der Waals surface area (Å²) in [6.45, 7) is 0. The van der Waals surface area contributed by atoms with Gasteiger partial charge < -0.3 is 0 Å². The van der Waals surface area contributed by atoms with E-state index in [0.717, 1.165) is 4.88 Å². The van der Waals surface area contributed by atoms with Gasteiger partial charge in [-0.2, -0.15) is 0 Å². The molecule has 0 aliphatic rings. The Morgan fingerprint density at radius 2 is 1.94 bits per heavy atom. The summed E-state index contributed by atoms with van der Waals surface area (Å²) in [4.78, 5) is 1.01. The van der Waals surface area contributed by atoms with Crippen molar-refractivity contribution < 1.29 is 8.78 Å². The SMILES string of the molecule is Fc1cc(Br)cc(F)c1C(Cl)Cc1cccs1. The van der Waals surface area contributed by atoms with Gasteiger partial charge >= 0.3 is 0 Å². The summed E-state index contributed by atoms with van der Waals surface area (Å²) < 4.78 is 27.7. The van der Waals surface area contributed by atoms with E-state index in [2.05, 4.69) is 15.9 Å². The molecular weight excluding hydrogens is 330 g/mol. The van der Waals surface area contributed by atoms with Crippen LogP contribution in [0.5, 0.6) is 0 Å². The summed E-state index contributed by atoms with van der Waals surface area (Å²) >= 11 is 10.6. The first kappa shape index (κ1) is 13.0. The van der Waals surface area contributed by atoms with Crippen molar-refractivity contribution >= 4 is 38.9 Å². The quantitative estimate of drug-likeness (QED) is 0.666. The third-order valence-corrected chi connectivity index (χ3v) is 4.05. The molecule has 90 valence electrons. The number of rotatable bonds is 3. The molecule has 0 N–H and O–H groups in total. The molecule has 0 fully saturated rings. The fraction of sp³-hybridized carbons (Fsp3) is 0.167. The number of benzene rings is 1. The van der Waals surface area contributed by atoms with Gasteiger partial charge in [0.15, 0.2) is 0 Å². The molecule has 0 amide bonds. The number of halogens is 4. The molecule has 0 nitrogen and oxygen atoms in total. The fourth-order valence-corrected chi connectivity index (χ4v) is 3.18. The Bertz CT molecular complexity index is 490. The fourth-order valence-electron chi connectivity index (χ4n) is 1.56. The molecule has 0 bridgehead atoms. The highest BCUT2D eigenvalue weighted by Gasteiger charge is 2.19. The molecule has 0 aliphatic heterocycles. The van der Waals surface area contributed by atoms with Gasteiger partial charge in [0.05, 0.1) is 5.38 Å². The van der Waals surface area contributed by atoms with Crippen LogP contribution in [0.3, 0.4) is 0 Å². The lowest BCUT2D eigenvalue weighted by atomic mass is 10.1. The van der Waals surface area contributed by atoms with E-state index in [1.165, 1.54) is 23.5 Å². The van der Waals surface area contributed by atoms with Crippen LogP contribution in [0.1, 0.15) is 15.8 Å². The lowest BCUT2D eigenvalue weighted by Gasteiger charge is -2.11. The molecule has 0 saturated carbocycles. The summed E-state index contributed by atoms with van der Waals surface area (Å²) in [5, 5.41) is 1.22. The van der Waals surface area contributed by atoms with E-state index in [-0.39, 0.29) is 5.56 Å². The van der Waals surface area contributed by atoms with Crippen LogP contribution in [0.15, 0.2) is 34.1 Å². The van der Waals surface area contributed by atoms with Crippen molar-refractivity contribution in [3.63, 3.8) is 0 Å². The molecule has 1 heterocycles. The van der Waals surface area contributed by atoms with Crippen LogP contribution in [0.4, 0.5) is 8.78 Å². The Morgan fingerprint density at radius 1 is 1.29 bits per heavy atom. The minimum absolute atomic E-state index is 0.0664. The van der Waals surface area contributed by atoms with Crippen molar-refractivity contribution in [2.75, 3.05) is 0 Å². The lowest BCUT2D eigenvalue weighted by Crippen LogP contribution is -2.02. The maximum Gasteiger partial charge on any atom is 0.131 e. The third-order valence-electron chi connectivity index (χ3n) is 2.32.